The number of carbonyl (C=O) groups excluding carboxylic acids is 1. The molecule has 9 heteroatoms. The fourth-order valence-electron chi connectivity index (χ4n) is 2.48. The summed E-state index contributed by atoms with van der Waals surface area (Å²) in [5, 5.41) is 10.4. The first-order valence-electron chi connectivity index (χ1n) is 6.85. The van der Waals surface area contributed by atoms with Crippen molar-refractivity contribution in [2.24, 2.45) is 0 Å². The van der Waals surface area contributed by atoms with Gasteiger partial charge in [0.2, 0.25) is 10.0 Å². The highest BCUT2D eigenvalue weighted by atomic mass is 79.9. The molecular weight excluding hydrogens is 403 g/mol. The fraction of sp³-hybridized carbons (Fsp3) is 0.133. The fourth-order valence-corrected chi connectivity index (χ4v) is 4.40. The van der Waals surface area contributed by atoms with E-state index in [1.165, 1.54) is 24.3 Å². The summed E-state index contributed by atoms with van der Waals surface area (Å²) in [6, 6.07) is 11.4. The third-order valence-corrected chi connectivity index (χ3v) is 6.06. The molecule has 1 fully saturated rings. The quantitative estimate of drug-likeness (QED) is 0.782. The zero-order chi connectivity index (χ0) is 17.5. The van der Waals surface area contributed by atoms with Crippen LogP contribution in [0, 0.1) is 5.82 Å². The van der Waals surface area contributed by atoms with Crippen molar-refractivity contribution < 1.29 is 22.8 Å². The molecule has 0 aromatic heterocycles. The van der Waals surface area contributed by atoms with Gasteiger partial charge in [0.1, 0.15) is 5.82 Å². The molecule has 24 heavy (non-hydrogen) atoms. The molecule has 1 N–H and O–H groups in total. The van der Waals surface area contributed by atoms with Crippen LogP contribution in [-0.4, -0.2) is 35.4 Å². The van der Waals surface area contributed by atoms with Crippen LogP contribution in [-0.2, 0) is 14.8 Å². The molecule has 0 aliphatic carbocycles. The van der Waals surface area contributed by atoms with Crippen LogP contribution in [0.25, 0.3) is 0 Å². The summed E-state index contributed by atoms with van der Waals surface area (Å²) < 4.78 is 40.0. The van der Waals surface area contributed by atoms with Gasteiger partial charge in [0.15, 0.2) is 6.17 Å². The van der Waals surface area contributed by atoms with Gasteiger partial charge in [-0.05, 0) is 45.8 Å². The third-order valence-electron chi connectivity index (χ3n) is 3.64. The van der Waals surface area contributed by atoms with Crippen LogP contribution in [0.3, 0.4) is 0 Å². The molecule has 1 atom stereocenters. The van der Waals surface area contributed by atoms with Crippen LogP contribution in [0.1, 0.15) is 11.7 Å². The Bertz CT molecular complexity index is 892. The van der Waals surface area contributed by atoms with Crippen molar-refractivity contribution in [3.63, 3.8) is 0 Å². The molecule has 1 unspecified atom stereocenters. The Morgan fingerprint density at radius 3 is 2.46 bits per heavy atom. The van der Waals surface area contributed by atoms with E-state index in [1.807, 2.05) is 0 Å². The Hall–Kier alpha value is -1.81. The highest BCUT2D eigenvalue weighted by Crippen LogP contribution is 2.35. The number of rotatable bonds is 3. The smallest absolute Gasteiger partial charge is 0.263 e. The number of amides is 1. The van der Waals surface area contributed by atoms with Crippen LogP contribution >= 0.6 is 15.9 Å². The first kappa shape index (κ1) is 17.0. The lowest BCUT2D eigenvalue weighted by molar-refractivity contribution is -0.167. The summed E-state index contributed by atoms with van der Waals surface area (Å²) >= 11 is 3.02. The van der Waals surface area contributed by atoms with E-state index in [2.05, 4.69) is 15.9 Å². The predicted molar refractivity (Wildman–Crippen MR) is 85.8 cm³/mol. The lowest BCUT2D eigenvalue weighted by atomic mass is 10.2. The summed E-state index contributed by atoms with van der Waals surface area (Å²) in [5.74, 6) is -1.30. The maximum absolute atomic E-state index is 13.4. The molecule has 2 aromatic rings. The van der Waals surface area contributed by atoms with Gasteiger partial charge in [0.25, 0.3) is 5.91 Å². The van der Waals surface area contributed by atoms with E-state index in [-0.39, 0.29) is 14.9 Å². The minimum Gasteiger partial charge on any atom is -0.284 e. The number of nitrogens with zero attached hydrogens (tertiary/aromatic N) is 2. The number of hydroxylamine groups is 2. The first-order chi connectivity index (χ1) is 11.3. The van der Waals surface area contributed by atoms with E-state index in [4.69, 9.17) is 0 Å². The molecule has 0 spiro atoms. The molecule has 0 bridgehead atoms. The monoisotopic (exact) mass is 414 g/mol. The van der Waals surface area contributed by atoms with Crippen LogP contribution in [0.2, 0.25) is 0 Å². The molecule has 1 aliphatic rings. The standard InChI is InChI=1S/C15H12BrFN2O4S/c16-12-8-10(6-7-13(12)17)15-18(9-14(20)19(15)21)24(22,23)11-4-2-1-3-5-11/h1-8,15,21H,9H2. The number of hydrogen-bond donors (Lipinski definition) is 1. The highest BCUT2D eigenvalue weighted by Gasteiger charge is 2.45. The topological polar surface area (TPSA) is 77.9 Å². The number of carbonyl (C=O) groups is 1. The Morgan fingerprint density at radius 2 is 1.83 bits per heavy atom. The van der Waals surface area contributed by atoms with Gasteiger partial charge in [0, 0.05) is 0 Å². The molecular formula is C15H12BrFN2O4S. The zero-order valence-corrected chi connectivity index (χ0v) is 14.5. The molecule has 0 saturated carbocycles. The van der Waals surface area contributed by atoms with Crippen molar-refractivity contribution in [3.8, 4) is 0 Å². The molecule has 1 amide bonds. The van der Waals surface area contributed by atoms with E-state index in [9.17, 15) is 22.8 Å². The van der Waals surface area contributed by atoms with Crippen molar-refractivity contribution in [3.05, 3.63) is 64.4 Å². The molecule has 126 valence electrons. The van der Waals surface area contributed by atoms with E-state index < -0.39 is 34.5 Å². The number of sulfonamides is 1. The Kier molecular flexibility index (Phi) is 4.43. The second kappa shape index (κ2) is 6.25. The summed E-state index contributed by atoms with van der Waals surface area (Å²) in [6.45, 7) is -0.507. The molecule has 3 rings (SSSR count). The SMILES string of the molecule is O=C1CN(S(=O)(=O)c2ccccc2)C(c2ccc(F)c(Br)c2)N1O. The summed E-state index contributed by atoms with van der Waals surface area (Å²) in [7, 11) is -4.02. The average molecular weight is 415 g/mol. The maximum atomic E-state index is 13.4. The van der Waals surface area contributed by atoms with Gasteiger partial charge in [-0.2, -0.15) is 9.37 Å². The largest absolute Gasteiger partial charge is 0.284 e. The summed E-state index contributed by atoms with van der Waals surface area (Å²) in [5.41, 5.74) is 0.260. The minimum absolute atomic E-state index is 0.000669. The van der Waals surface area contributed by atoms with Crippen molar-refractivity contribution >= 4 is 31.9 Å². The Labute approximate surface area is 146 Å². The molecule has 6 nitrogen and oxygen atoms in total. The maximum Gasteiger partial charge on any atom is 0.263 e. The van der Waals surface area contributed by atoms with Gasteiger partial charge >= 0.3 is 0 Å². The van der Waals surface area contributed by atoms with Crippen LogP contribution in [0.5, 0.6) is 0 Å². The van der Waals surface area contributed by atoms with Crippen molar-refractivity contribution in [2.75, 3.05) is 6.54 Å². The van der Waals surface area contributed by atoms with E-state index in [0.29, 0.717) is 5.06 Å². The van der Waals surface area contributed by atoms with Crippen LogP contribution in [0.15, 0.2) is 57.9 Å². The number of benzene rings is 2. The summed E-state index contributed by atoms with van der Waals surface area (Å²) in [6.07, 6.45) is -1.26. The molecule has 1 heterocycles. The van der Waals surface area contributed by atoms with Gasteiger partial charge < -0.3 is 0 Å². The lowest BCUT2D eigenvalue weighted by Crippen LogP contribution is -2.34. The van der Waals surface area contributed by atoms with Gasteiger partial charge in [-0.3, -0.25) is 10.0 Å². The van der Waals surface area contributed by atoms with E-state index in [0.717, 1.165) is 10.4 Å². The second-order valence-electron chi connectivity index (χ2n) is 5.15. The predicted octanol–water partition coefficient (Wildman–Crippen LogP) is 2.51. The van der Waals surface area contributed by atoms with Gasteiger partial charge in [0.05, 0.1) is 15.9 Å². The summed E-state index contributed by atoms with van der Waals surface area (Å²) in [4.78, 5) is 11.9. The highest BCUT2D eigenvalue weighted by molar-refractivity contribution is 9.10. The number of hydrogen-bond acceptors (Lipinski definition) is 4. The van der Waals surface area contributed by atoms with Crippen LogP contribution < -0.4 is 0 Å². The molecule has 0 radical (unpaired) electrons. The van der Waals surface area contributed by atoms with Gasteiger partial charge in [-0.1, -0.05) is 24.3 Å². The normalized spacial score (nSPS) is 19.0. The van der Waals surface area contributed by atoms with E-state index >= 15 is 0 Å². The minimum atomic E-state index is -4.02. The zero-order valence-electron chi connectivity index (χ0n) is 12.1. The van der Waals surface area contributed by atoms with Crippen LogP contribution in [0.4, 0.5) is 4.39 Å². The Balaban J connectivity index is 2.09. The third kappa shape index (κ3) is 2.84. The first-order valence-corrected chi connectivity index (χ1v) is 9.08. The molecule has 2 aromatic carbocycles. The second-order valence-corrected chi connectivity index (χ2v) is 7.89. The van der Waals surface area contributed by atoms with Crippen molar-refractivity contribution in [1.82, 2.24) is 9.37 Å². The van der Waals surface area contributed by atoms with E-state index in [1.54, 1.807) is 18.2 Å². The number of halogens is 2. The molecule has 1 saturated heterocycles. The molecule has 1 aliphatic heterocycles. The Morgan fingerprint density at radius 1 is 1.17 bits per heavy atom. The van der Waals surface area contributed by atoms with Gasteiger partial charge in [-0.25, -0.2) is 12.8 Å². The van der Waals surface area contributed by atoms with Gasteiger partial charge in [-0.15, -0.1) is 0 Å². The average Bonchev–Trinajstić information content (AvgIpc) is 2.87. The van der Waals surface area contributed by atoms with Crippen molar-refractivity contribution in [1.29, 1.82) is 0 Å². The lowest BCUT2D eigenvalue weighted by Gasteiger charge is -2.26. The van der Waals surface area contributed by atoms with Crippen molar-refractivity contribution in [2.45, 2.75) is 11.1 Å².